The van der Waals surface area contributed by atoms with Gasteiger partial charge in [0.05, 0.1) is 5.69 Å². The highest BCUT2D eigenvalue weighted by Crippen LogP contribution is 2.31. The van der Waals surface area contributed by atoms with Gasteiger partial charge >= 0.3 is 0 Å². The van der Waals surface area contributed by atoms with Crippen LogP contribution in [0.15, 0.2) is 67.0 Å². The van der Waals surface area contributed by atoms with E-state index >= 15 is 0 Å². The molecule has 0 radical (unpaired) electrons. The number of rotatable bonds is 6. The quantitative estimate of drug-likeness (QED) is 0.667. The maximum Gasteiger partial charge on any atom is 0.209 e. The normalized spacial score (nSPS) is 13.9. The average molecular weight is 375 g/mol. The van der Waals surface area contributed by atoms with Crippen LogP contribution in [0.1, 0.15) is 0 Å². The lowest BCUT2D eigenvalue weighted by molar-refractivity contribution is -0.118. The van der Waals surface area contributed by atoms with Gasteiger partial charge in [-0.25, -0.2) is 9.97 Å². The van der Waals surface area contributed by atoms with Crippen molar-refractivity contribution in [1.29, 1.82) is 0 Å². The zero-order chi connectivity index (χ0) is 19.2. The number of anilines is 3. The second-order valence-electron chi connectivity index (χ2n) is 6.43. The number of carbonyl (C=O) groups excluding carboxylic acids is 1. The fourth-order valence-corrected chi connectivity index (χ4v) is 3.06. The standard InChI is InChI=1S/C21H21N5O2/c27-16-25-10-12-26(13-11-25)21-14-20(22-15-23-21)24-18-8-4-5-9-19(18)28-17-6-2-1-3-7-17/h1-9,14-16H,10-13H2,(H,22,23,24). The number of aromatic nitrogens is 2. The van der Waals surface area contributed by atoms with E-state index in [1.165, 1.54) is 0 Å². The number of nitrogens with zero attached hydrogens (tertiary/aromatic N) is 4. The topological polar surface area (TPSA) is 70.6 Å². The summed E-state index contributed by atoms with van der Waals surface area (Å²) in [4.78, 5) is 23.5. The van der Waals surface area contributed by atoms with Gasteiger partial charge in [-0.05, 0) is 24.3 Å². The zero-order valence-electron chi connectivity index (χ0n) is 15.4. The third-order valence-electron chi connectivity index (χ3n) is 4.56. The van der Waals surface area contributed by atoms with Gasteiger partial charge in [-0.3, -0.25) is 4.79 Å². The largest absolute Gasteiger partial charge is 0.455 e. The molecule has 28 heavy (non-hydrogen) atoms. The molecule has 0 saturated carbocycles. The van der Waals surface area contributed by atoms with Gasteiger partial charge in [0.1, 0.15) is 23.7 Å². The molecule has 0 spiro atoms. The van der Waals surface area contributed by atoms with Crippen molar-refractivity contribution in [2.24, 2.45) is 0 Å². The van der Waals surface area contributed by atoms with Crippen LogP contribution in [0, 0.1) is 0 Å². The Morgan fingerprint density at radius 3 is 2.46 bits per heavy atom. The first-order valence-corrected chi connectivity index (χ1v) is 9.17. The van der Waals surface area contributed by atoms with Crippen molar-refractivity contribution in [3.05, 3.63) is 67.0 Å². The van der Waals surface area contributed by atoms with E-state index in [1.54, 1.807) is 11.2 Å². The van der Waals surface area contributed by atoms with Crippen molar-refractivity contribution < 1.29 is 9.53 Å². The van der Waals surface area contributed by atoms with Gasteiger partial charge in [-0.2, -0.15) is 0 Å². The SMILES string of the molecule is O=CN1CCN(c2cc(Nc3ccccc3Oc3ccccc3)ncn2)CC1. The summed E-state index contributed by atoms with van der Waals surface area (Å²) in [7, 11) is 0. The maximum atomic E-state index is 10.9. The highest BCUT2D eigenvalue weighted by atomic mass is 16.5. The van der Waals surface area contributed by atoms with Crippen LogP contribution in [0.5, 0.6) is 11.5 Å². The summed E-state index contributed by atoms with van der Waals surface area (Å²) < 4.78 is 6.00. The second kappa shape index (κ2) is 8.39. The molecule has 142 valence electrons. The molecule has 3 aromatic rings. The lowest BCUT2D eigenvalue weighted by Gasteiger charge is -2.33. The Morgan fingerprint density at radius 2 is 1.68 bits per heavy atom. The van der Waals surface area contributed by atoms with Crippen LogP contribution < -0.4 is 15.0 Å². The highest BCUT2D eigenvalue weighted by molar-refractivity contribution is 5.66. The minimum atomic E-state index is 0.687. The minimum Gasteiger partial charge on any atom is -0.455 e. The van der Waals surface area contributed by atoms with Gasteiger partial charge in [-0.1, -0.05) is 30.3 Å². The third kappa shape index (κ3) is 4.20. The highest BCUT2D eigenvalue weighted by Gasteiger charge is 2.17. The third-order valence-corrected chi connectivity index (χ3v) is 4.56. The molecule has 1 aliphatic heterocycles. The molecule has 0 aliphatic carbocycles. The van der Waals surface area contributed by atoms with Gasteiger partial charge in [0.15, 0.2) is 5.75 Å². The first-order valence-electron chi connectivity index (χ1n) is 9.17. The summed E-state index contributed by atoms with van der Waals surface area (Å²) in [5.41, 5.74) is 0.821. The molecule has 4 rings (SSSR count). The van der Waals surface area contributed by atoms with Crippen LogP contribution in [0.2, 0.25) is 0 Å². The van der Waals surface area contributed by atoms with Gasteiger partial charge in [0.25, 0.3) is 0 Å². The maximum absolute atomic E-state index is 10.9. The lowest BCUT2D eigenvalue weighted by Crippen LogP contribution is -2.46. The van der Waals surface area contributed by atoms with E-state index in [0.717, 1.165) is 36.8 Å². The van der Waals surface area contributed by atoms with Crippen molar-refractivity contribution in [3.8, 4) is 11.5 Å². The molecule has 1 amide bonds. The molecule has 2 aromatic carbocycles. The first kappa shape index (κ1) is 17.8. The molecule has 7 heteroatoms. The molecule has 1 fully saturated rings. The van der Waals surface area contributed by atoms with Crippen molar-refractivity contribution in [3.63, 3.8) is 0 Å². The van der Waals surface area contributed by atoms with E-state index in [9.17, 15) is 4.79 Å². The number of hydrogen-bond donors (Lipinski definition) is 1. The first-order chi connectivity index (χ1) is 13.8. The number of amides is 1. The van der Waals surface area contributed by atoms with Crippen LogP contribution in [0.4, 0.5) is 17.3 Å². The number of piperazine rings is 1. The Kier molecular flexibility index (Phi) is 5.33. The minimum absolute atomic E-state index is 0.687. The van der Waals surface area contributed by atoms with Crippen molar-refractivity contribution in [2.45, 2.75) is 0 Å². The second-order valence-corrected chi connectivity index (χ2v) is 6.43. The van der Waals surface area contributed by atoms with E-state index in [-0.39, 0.29) is 0 Å². The molecule has 0 unspecified atom stereocenters. The summed E-state index contributed by atoms with van der Waals surface area (Å²) in [5, 5.41) is 3.32. The van der Waals surface area contributed by atoms with Crippen LogP contribution in [-0.2, 0) is 4.79 Å². The number of ether oxygens (including phenoxy) is 1. The van der Waals surface area contributed by atoms with Crippen molar-refractivity contribution in [2.75, 3.05) is 36.4 Å². The Morgan fingerprint density at radius 1 is 0.929 bits per heavy atom. The molecular weight excluding hydrogens is 354 g/mol. The molecule has 1 N–H and O–H groups in total. The Hall–Kier alpha value is -3.61. The van der Waals surface area contributed by atoms with E-state index < -0.39 is 0 Å². The van der Waals surface area contributed by atoms with Crippen LogP contribution >= 0.6 is 0 Å². The zero-order valence-corrected chi connectivity index (χ0v) is 15.4. The predicted octanol–water partition coefficient (Wildman–Crippen LogP) is 3.29. The molecule has 1 saturated heterocycles. The number of carbonyl (C=O) groups is 1. The van der Waals surface area contributed by atoms with Crippen LogP contribution in [0.25, 0.3) is 0 Å². The Bertz CT molecular complexity index is 927. The van der Waals surface area contributed by atoms with Crippen molar-refractivity contribution in [1.82, 2.24) is 14.9 Å². The van der Waals surface area contributed by atoms with E-state index in [4.69, 9.17) is 4.74 Å². The van der Waals surface area contributed by atoms with Crippen LogP contribution in [-0.4, -0.2) is 47.5 Å². The lowest BCUT2D eigenvalue weighted by atomic mass is 10.2. The molecule has 0 bridgehead atoms. The number of para-hydroxylation sites is 3. The average Bonchev–Trinajstić information content (AvgIpc) is 2.76. The Labute approximate surface area is 163 Å². The number of nitrogens with one attached hydrogen (secondary N) is 1. The Balaban J connectivity index is 1.50. The van der Waals surface area contributed by atoms with Gasteiger partial charge in [0.2, 0.25) is 6.41 Å². The smallest absolute Gasteiger partial charge is 0.209 e. The van der Waals surface area contributed by atoms with Gasteiger partial charge in [-0.15, -0.1) is 0 Å². The summed E-state index contributed by atoms with van der Waals surface area (Å²) in [6.45, 7) is 2.90. The summed E-state index contributed by atoms with van der Waals surface area (Å²) in [6.07, 6.45) is 2.44. The molecule has 1 aromatic heterocycles. The van der Waals surface area contributed by atoms with Gasteiger partial charge in [0, 0.05) is 32.2 Å². The van der Waals surface area contributed by atoms with E-state index in [2.05, 4.69) is 20.2 Å². The van der Waals surface area contributed by atoms with E-state index in [0.29, 0.717) is 24.7 Å². The fraction of sp³-hybridized carbons (Fsp3) is 0.190. The monoisotopic (exact) mass is 375 g/mol. The molecule has 7 nitrogen and oxygen atoms in total. The van der Waals surface area contributed by atoms with E-state index in [1.807, 2.05) is 60.7 Å². The van der Waals surface area contributed by atoms with Crippen LogP contribution in [0.3, 0.4) is 0 Å². The molecule has 2 heterocycles. The molecular formula is C21H21N5O2. The number of hydrogen-bond acceptors (Lipinski definition) is 6. The molecule has 1 aliphatic rings. The molecule has 0 atom stereocenters. The summed E-state index contributed by atoms with van der Waals surface area (Å²) in [6, 6.07) is 19.3. The summed E-state index contributed by atoms with van der Waals surface area (Å²) >= 11 is 0. The number of benzene rings is 2. The summed E-state index contributed by atoms with van der Waals surface area (Å²) in [5.74, 6) is 3.01. The van der Waals surface area contributed by atoms with Gasteiger partial charge < -0.3 is 19.9 Å². The fourth-order valence-electron chi connectivity index (χ4n) is 3.06. The predicted molar refractivity (Wildman–Crippen MR) is 108 cm³/mol. The van der Waals surface area contributed by atoms with Crippen molar-refractivity contribution >= 4 is 23.7 Å².